The molecule has 0 aromatic heterocycles. The van der Waals surface area contributed by atoms with Crippen molar-refractivity contribution in [2.24, 2.45) is 11.8 Å². The first-order valence-electron chi connectivity index (χ1n) is 9.50. The van der Waals surface area contributed by atoms with Gasteiger partial charge in [0, 0.05) is 6.54 Å². The van der Waals surface area contributed by atoms with Gasteiger partial charge in [0.25, 0.3) is 0 Å². The zero-order chi connectivity index (χ0) is 16.9. The van der Waals surface area contributed by atoms with Gasteiger partial charge in [0.15, 0.2) is 0 Å². The maximum Gasteiger partial charge on any atom is 0.323 e. The van der Waals surface area contributed by atoms with E-state index in [0.717, 1.165) is 51.2 Å². The van der Waals surface area contributed by atoms with E-state index in [0.29, 0.717) is 12.5 Å². The Kier molecular flexibility index (Phi) is 6.11. The third-order valence-electron chi connectivity index (χ3n) is 5.34. The highest BCUT2D eigenvalue weighted by Crippen LogP contribution is 2.33. The number of esters is 1. The molecule has 0 aromatic rings. The van der Waals surface area contributed by atoms with Crippen LogP contribution in [0.15, 0.2) is 0 Å². The molecule has 0 bridgehead atoms. The summed E-state index contributed by atoms with van der Waals surface area (Å²) in [6, 6.07) is -0.186. The van der Waals surface area contributed by atoms with E-state index < -0.39 is 5.97 Å². The van der Waals surface area contributed by atoms with E-state index in [9.17, 15) is 9.59 Å². The molecule has 4 rings (SSSR count). The van der Waals surface area contributed by atoms with Gasteiger partial charge in [0.1, 0.15) is 12.1 Å². The highest BCUT2D eigenvalue weighted by Gasteiger charge is 2.36. The minimum atomic E-state index is -0.720. The van der Waals surface area contributed by atoms with Crippen LogP contribution in [0.3, 0.4) is 0 Å². The lowest BCUT2D eigenvalue weighted by atomic mass is 10.2. The van der Waals surface area contributed by atoms with Crippen molar-refractivity contribution < 1.29 is 19.4 Å². The van der Waals surface area contributed by atoms with Gasteiger partial charge in [0.05, 0.1) is 6.61 Å². The molecule has 2 saturated heterocycles. The van der Waals surface area contributed by atoms with Crippen LogP contribution in [0.5, 0.6) is 0 Å². The number of aliphatic carboxylic acids is 1. The van der Waals surface area contributed by atoms with Crippen LogP contribution in [0, 0.1) is 11.8 Å². The molecule has 0 aromatic carbocycles. The standard InChI is InChI=1S/C13H21NO2.C5H9NO2/c15-13(16-9-11-5-6-11)12-2-1-7-14(12)8-10-3-4-10;7-5(8)4-2-1-3-6-4/h10-12H,1-9H2;4,6H,1-3H2,(H,7,8)/t12-;4-/m00/s1. The van der Waals surface area contributed by atoms with Crippen LogP contribution in [-0.4, -0.2) is 60.3 Å². The van der Waals surface area contributed by atoms with Gasteiger partial charge in [-0.1, -0.05) is 0 Å². The molecule has 2 saturated carbocycles. The molecule has 0 unspecified atom stereocenters. The minimum absolute atomic E-state index is 0.0463. The Balaban J connectivity index is 0.000000179. The Morgan fingerprint density at radius 3 is 2.33 bits per heavy atom. The molecule has 136 valence electrons. The first-order chi connectivity index (χ1) is 11.6. The number of nitrogens with one attached hydrogen (secondary N) is 1. The van der Waals surface area contributed by atoms with Gasteiger partial charge in [-0.3, -0.25) is 14.5 Å². The second kappa shape index (κ2) is 8.30. The van der Waals surface area contributed by atoms with E-state index in [2.05, 4.69) is 10.2 Å². The summed E-state index contributed by atoms with van der Waals surface area (Å²) in [6.07, 6.45) is 9.19. The van der Waals surface area contributed by atoms with Crippen molar-refractivity contribution in [3.05, 3.63) is 0 Å². The number of hydrogen-bond donors (Lipinski definition) is 2. The molecular weight excluding hydrogens is 308 g/mol. The summed E-state index contributed by atoms with van der Waals surface area (Å²) in [6.45, 7) is 3.76. The van der Waals surface area contributed by atoms with Crippen molar-refractivity contribution in [2.75, 3.05) is 26.2 Å². The molecular formula is C18H30N2O4. The van der Waals surface area contributed by atoms with Crippen molar-refractivity contribution in [3.8, 4) is 0 Å². The number of rotatable bonds is 6. The lowest BCUT2D eigenvalue weighted by Gasteiger charge is -2.22. The Hall–Kier alpha value is -1.14. The fraction of sp³-hybridized carbons (Fsp3) is 0.889. The quantitative estimate of drug-likeness (QED) is 0.717. The summed E-state index contributed by atoms with van der Waals surface area (Å²) >= 11 is 0. The van der Waals surface area contributed by atoms with Crippen LogP contribution in [0.4, 0.5) is 0 Å². The highest BCUT2D eigenvalue weighted by atomic mass is 16.5. The van der Waals surface area contributed by atoms with Crippen LogP contribution in [-0.2, 0) is 14.3 Å². The summed E-state index contributed by atoms with van der Waals surface area (Å²) in [7, 11) is 0. The van der Waals surface area contributed by atoms with Gasteiger partial charge in [-0.2, -0.15) is 0 Å². The first kappa shape index (κ1) is 17.7. The summed E-state index contributed by atoms with van der Waals surface area (Å²) in [5.74, 6) is 0.881. The van der Waals surface area contributed by atoms with Crippen LogP contribution in [0.25, 0.3) is 0 Å². The second-order valence-electron chi connectivity index (χ2n) is 7.66. The van der Waals surface area contributed by atoms with Crippen molar-refractivity contribution in [2.45, 2.75) is 63.5 Å². The molecule has 4 aliphatic rings. The largest absolute Gasteiger partial charge is 0.480 e. The van der Waals surface area contributed by atoms with Crippen LogP contribution in [0.1, 0.15) is 51.4 Å². The monoisotopic (exact) mass is 338 g/mol. The van der Waals surface area contributed by atoms with E-state index in [1.54, 1.807) is 0 Å². The second-order valence-corrected chi connectivity index (χ2v) is 7.66. The average molecular weight is 338 g/mol. The average Bonchev–Trinajstić information content (AvgIpc) is 3.45. The molecule has 2 heterocycles. The van der Waals surface area contributed by atoms with Crippen LogP contribution >= 0.6 is 0 Å². The van der Waals surface area contributed by atoms with Gasteiger partial charge in [-0.05, 0) is 76.3 Å². The number of carboxylic acids is 1. The molecule has 6 heteroatoms. The molecule has 0 radical (unpaired) electrons. The van der Waals surface area contributed by atoms with E-state index in [1.165, 1.54) is 25.7 Å². The van der Waals surface area contributed by atoms with Gasteiger partial charge in [-0.25, -0.2) is 0 Å². The smallest absolute Gasteiger partial charge is 0.323 e. The summed E-state index contributed by atoms with van der Waals surface area (Å²) < 4.78 is 5.40. The predicted octanol–water partition coefficient (Wildman–Crippen LogP) is 1.64. The van der Waals surface area contributed by atoms with Crippen molar-refractivity contribution in [1.82, 2.24) is 10.2 Å². The normalized spacial score (nSPS) is 29.8. The first-order valence-corrected chi connectivity index (χ1v) is 9.50. The molecule has 2 N–H and O–H groups in total. The van der Waals surface area contributed by atoms with Crippen LogP contribution in [0.2, 0.25) is 0 Å². The number of ether oxygens (including phenoxy) is 1. The molecule has 2 aliphatic heterocycles. The van der Waals surface area contributed by atoms with Crippen molar-refractivity contribution in [3.63, 3.8) is 0 Å². The molecule has 2 atom stereocenters. The SMILES string of the molecule is O=C(O)[C@@H]1CCCN1.O=C(OCC1CC1)[C@@H]1CCCN1CC1CC1. The minimum Gasteiger partial charge on any atom is -0.480 e. The lowest BCUT2D eigenvalue weighted by Crippen LogP contribution is -2.38. The lowest BCUT2D eigenvalue weighted by molar-refractivity contribution is -0.149. The number of hydrogen-bond acceptors (Lipinski definition) is 5. The van der Waals surface area contributed by atoms with Crippen molar-refractivity contribution in [1.29, 1.82) is 0 Å². The molecule has 0 amide bonds. The number of likely N-dealkylation sites (tertiary alicyclic amines) is 1. The van der Waals surface area contributed by atoms with Gasteiger partial charge in [0.2, 0.25) is 0 Å². The van der Waals surface area contributed by atoms with E-state index in [1.807, 2.05) is 0 Å². The molecule has 0 spiro atoms. The van der Waals surface area contributed by atoms with Crippen LogP contribution < -0.4 is 5.32 Å². The third-order valence-corrected chi connectivity index (χ3v) is 5.34. The number of carboxylic acid groups (broad SMARTS) is 1. The topological polar surface area (TPSA) is 78.9 Å². The Morgan fingerprint density at radius 1 is 1.04 bits per heavy atom. The third kappa shape index (κ3) is 5.45. The summed E-state index contributed by atoms with van der Waals surface area (Å²) in [5, 5.41) is 11.2. The Bertz CT molecular complexity index is 442. The zero-order valence-electron chi connectivity index (χ0n) is 14.4. The Labute approximate surface area is 143 Å². The predicted molar refractivity (Wildman–Crippen MR) is 89.7 cm³/mol. The molecule has 4 fully saturated rings. The maximum absolute atomic E-state index is 11.9. The fourth-order valence-electron chi connectivity index (χ4n) is 3.42. The number of nitrogens with zero attached hydrogens (tertiary/aromatic N) is 1. The number of carbonyl (C=O) groups is 2. The summed E-state index contributed by atoms with van der Waals surface area (Å²) in [5.41, 5.74) is 0. The van der Waals surface area contributed by atoms with Gasteiger partial charge < -0.3 is 15.2 Å². The van der Waals surface area contributed by atoms with E-state index >= 15 is 0 Å². The molecule has 24 heavy (non-hydrogen) atoms. The summed E-state index contributed by atoms with van der Waals surface area (Å²) in [4.78, 5) is 24.4. The fourth-order valence-corrected chi connectivity index (χ4v) is 3.42. The van der Waals surface area contributed by atoms with Gasteiger partial charge >= 0.3 is 11.9 Å². The highest BCUT2D eigenvalue weighted by molar-refractivity contribution is 5.76. The van der Waals surface area contributed by atoms with Gasteiger partial charge in [-0.15, -0.1) is 0 Å². The number of carbonyl (C=O) groups excluding carboxylic acids is 1. The molecule has 2 aliphatic carbocycles. The van der Waals surface area contributed by atoms with E-state index in [-0.39, 0.29) is 18.1 Å². The van der Waals surface area contributed by atoms with E-state index in [4.69, 9.17) is 9.84 Å². The molecule has 6 nitrogen and oxygen atoms in total. The Morgan fingerprint density at radius 2 is 1.79 bits per heavy atom. The maximum atomic E-state index is 11.9. The zero-order valence-corrected chi connectivity index (χ0v) is 14.4. The van der Waals surface area contributed by atoms with Crippen molar-refractivity contribution >= 4 is 11.9 Å².